The lowest BCUT2D eigenvalue weighted by atomic mass is 10.2. The van der Waals surface area contributed by atoms with Crippen LogP contribution < -0.4 is 0 Å². The van der Waals surface area contributed by atoms with Gasteiger partial charge >= 0.3 is 0 Å². The van der Waals surface area contributed by atoms with E-state index in [1.165, 1.54) is 16.1 Å². The zero-order valence-electron chi connectivity index (χ0n) is 12.0. The first-order valence-corrected chi connectivity index (χ1v) is 9.28. The summed E-state index contributed by atoms with van der Waals surface area (Å²) in [5, 5.41) is 2.00. The molecule has 0 bridgehead atoms. The number of rotatable bonds is 4. The van der Waals surface area contributed by atoms with Crippen LogP contribution in [0.15, 0.2) is 11.4 Å². The Morgan fingerprint density at radius 1 is 1.55 bits per heavy atom. The fourth-order valence-electron chi connectivity index (χ4n) is 2.50. The van der Waals surface area contributed by atoms with Crippen LogP contribution in [0.5, 0.6) is 0 Å². The summed E-state index contributed by atoms with van der Waals surface area (Å²) < 4.78 is 24.7. The molecule has 20 heavy (non-hydrogen) atoms. The van der Waals surface area contributed by atoms with Crippen molar-refractivity contribution in [1.82, 2.24) is 9.21 Å². The monoisotopic (exact) mass is 316 g/mol. The number of carbonyl (C=O) groups excluding carboxylic acids is 1. The zero-order valence-corrected chi connectivity index (χ0v) is 13.6. The van der Waals surface area contributed by atoms with Crippen LogP contribution in [0.3, 0.4) is 0 Å². The van der Waals surface area contributed by atoms with E-state index in [0.29, 0.717) is 19.5 Å². The third-order valence-corrected chi connectivity index (χ3v) is 5.94. The molecule has 5 nitrogen and oxygen atoms in total. The quantitative estimate of drug-likeness (QED) is 0.844. The molecule has 1 aromatic rings. The van der Waals surface area contributed by atoms with Crippen molar-refractivity contribution < 1.29 is 13.2 Å². The number of hydrogen-bond acceptors (Lipinski definition) is 4. The normalized spacial score (nSPS) is 20.2. The van der Waals surface area contributed by atoms with Gasteiger partial charge in [0, 0.05) is 18.5 Å². The van der Waals surface area contributed by atoms with Gasteiger partial charge in [0.25, 0.3) is 0 Å². The molecule has 0 radical (unpaired) electrons. The Labute approximate surface area is 124 Å². The maximum atomic E-state index is 12.5. The predicted octanol–water partition coefficient (Wildman–Crippen LogP) is 1.44. The number of likely N-dealkylation sites (N-methyl/N-ethyl adjacent to an activating group) is 1. The maximum Gasteiger partial charge on any atom is 0.241 e. The van der Waals surface area contributed by atoms with Gasteiger partial charge < -0.3 is 4.90 Å². The van der Waals surface area contributed by atoms with E-state index in [1.807, 2.05) is 18.4 Å². The second-order valence-corrected chi connectivity index (χ2v) is 8.19. The molecule has 1 amide bonds. The molecular formula is C13H20N2O3S2. The molecule has 1 saturated heterocycles. The summed E-state index contributed by atoms with van der Waals surface area (Å²) in [6.07, 6.45) is 2.52. The Morgan fingerprint density at radius 2 is 2.25 bits per heavy atom. The third-order valence-electron chi connectivity index (χ3n) is 3.64. The van der Waals surface area contributed by atoms with E-state index in [9.17, 15) is 13.2 Å². The van der Waals surface area contributed by atoms with Crippen LogP contribution in [0.25, 0.3) is 0 Å². The van der Waals surface area contributed by atoms with E-state index < -0.39 is 16.1 Å². The third kappa shape index (κ3) is 3.21. The summed E-state index contributed by atoms with van der Waals surface area (Å²) in [6.45, 7) is 3.00. The van der Waals surface area contributed by atoms with E-state index in [1.54, 1.807) is 23.3 Å². The number of hydrogen-bond donors (Lipinski definition) is 0. The molecule has 0 aromatic carbocycles. The molecule has 0 N–H and O–H groups in total. The molecule has 7 heteroatoms. The van der Waals surface area contributed by atoms with Gasteiger partial charge in [-0.3, -0.25) is 4.79 Å². The average molecular weight is 316 g/mol. The lowest BCUT2D eigenvalue weighted by molar-refractivity contribution is -0.133. The second kappa shape index (κ2) is 5.83. The molecule has 0 spiro atoms. The molecule has 0 aliphatic carbocycles. The van der Waals surface area contributed by atoms with Gasteiger partial charge in [-0.05, 0) is 36.8 Å². The van der Waals surface area contributed by atoms with Crippen molar-refractivity contribution >= 4 is 27.3 Å². The highest BCUT2D eigenvalue weighted by molar-refractivity contribution is 7.88. The Balaban J connectivity index is 2.09. The van der Waals surface area contributed by atoms with Crippen molar-refractivity contribution in [2.24, 2.45) is 0 Å². The standard InChI is InChI=1S/C13H20N2O3S2/c1-10-6-8-19-12(10)9-14(2)13(16)11-5-4-7-15(11)20(3,17)18/h6,8,11H,4-5,7,9H2,1-3H3/t11-/m0/s1. The number of nitrogens with zero attached hydrogens (tertiary/aromatic N) is 2. The van der Waals surface area contributed by atoms with E-state index in [0.717, 1.165) is 11.3 Å². The fraction of sp³-hybridized carbons (Fsp3) is 0.615. The number of sulfonamides is 1. The van der Waals surface area contributed by atoms with Gasteiger partial charge in [-0.15, -0.1) is 11.3 Å². The maximum absolute atomic E-state index is 12.5. The number of thiophene rings is 1. The van der Waals surface area contributed by atoms with Gasteiger partial charge in [-0.25, -0.2) is 8.42 Å². The minimum Gasteiger partial charge on any atom is -0.339 e. The average Bonchev–Trinajstić information content (AvgIpc) is 2.97. The molecule has 0 unspecified atom stereocenters. The largest absolute Gasteiger partial charge is 0.339 e. The van der Waals surface area contributed by atoms with E-state index >= 15 is 0 Å². The van der Waals surface area contributed by atoms with Crippen LogP contribution in [0.1, 0.15) is 23.3 Å². The first-order chi connectivity index (χ1) is 9.30. The van der Waals surface area contributed by atoms with Crippen molar-refractivity contribution in [3.63, 3.8) is 0 Å². The first-order valence-electron chi connectivity index (χ1n) is 6.55. The van der Waals surface area contributed by atoms with Gasteiger partial charge in [-0.1, -0.05) is 0 Å². The molecule has 0 saturated carbocycles. The van der Waals surface area contributed by atoms with Crippen molar-refractivity contribution in [1.29, 1.82) is 0 Å². The van der Waals surface area contributed by atoms with Crippen molar-refractivity contribution in [3.8, 4) is 0 Å². The highest BCUT2D eigenvalue weighted by Crippen LogP contribution is 2.23. The molecule has 1 atom stereocenters. The molecule has 1 aliphatic heterocycles. The van der Waals surface area contributed by atoms with Gasteiger partial charge in [0.1, 0.15) is 6.04 Å². The van der Waals surface area contributed by atoms with E-state index in [2.05, 4.69) is 0 Å². The Morgan fingerprint density at radius 3 is 2.80 bits per heavy atom. The Kier molecular flexibility index (Phi) is 4.51. The van der Waals surface area contributed by atoms with Crippen LogP contribution in [-0.2, 0) is 21.4 Å². The number of aryl methyl sites for hydroxylation is 1. The fourth-order valence-corrected chi connectivity index (χ4v) is 4.57. The molecule has 1 aliphatic rings. The predicted molar refractivity (Wildman–Crippen MR) is 80.1 cm³/mol. The molecule has 2 rings (SSSR count). The highest BCUT2D eigenvalue weighted by Gasteiger charge is 2.37. The summed E-state index contributed by atoms with van der Waals surface area (Å²) in [4.78, 5) is 15.2. The topological polar surface area (TPSA) is 57.7 Å². The lowest BCUT2D eigenvalue weighted by Gasteiger charge is -2.26. The molecule has 1 aromatic heterocycles. The Hall–Kier alpha value is -0.920. The Bertz CT molecular complexity index is 595. The van der Waals surface area contributed by atoms with Crippen LogP contribution >= 0.6 is 11.3 Å². The van der Waals surface area contributed by atoms with Crippen LogP contribution in [0.4, 0.5) is 0 Å². The van der Waals surface area contributed by atoms with Crippen molar-refractivity contribution in [3.05, 3.63) is 21.9 Å². The van der Waals surface area contributed by atoms with Crippen LogP contribution in [-0.4, -0.2) is 49.4 Å². The first kappa shape index (κ1) is 15.5. The van der Waals surface area contributed by atoms with E-state index in [4.69, 9.17) is 0 Å². The van der Waals surface area contributed by atoms with Crippen LogP contribution in [0, 0.1) is 6.92 Å². The van der Waals surface area contributed by atoms with Crippen molar-refractivity contribution in [2.45, 2.75) is 32.4 Å². The van der Waals surface area contributed by atoms with Gasteiger partial charge in [0.2, 0.25) is 15.9 Å². The summed E-state index contributed by atoms with van der Waals surface area (Å²) in [7, 11) is -1.58. The minimum absolute atomic E-state index is 0.110. The smallest absolute Gasteiger partial charge is 0.241 e. The minimum atomic E-state index is -3.31. The summed E-state index contributed by atoms with van der Waals surface area (Å²) in [6, 6.07) is 1.49. The number of carbonyl (C=O) groups is 1. The van der Waals surface area contributed by atoms with Crippen molar-refractivity contribution in [2.75, 3.05) is 19.8 Å². The second-order valence-electron chi connectivity index (χ2n) is 5.25. The van der Waals surface area contributed by atoms with Gasteiger partial charge in [0.15, 0.2) is 0 Å². The summed E-state index contributed by atoms with van der Waals surface area (Å²) in [5.74, 6) is -0.110. The molecule has 2 heterocycles. The summed E-state index contributed by atoms with van der Waals surface area (Å²) >= 11 is 1.62. The SMILES string of the molecule is Cc1ccsc1CN(C)C(=O)[C@@H]1CCCN1S(C)(=O)=O. The van der Waals surface area contributed by atoms with E-state index in [-0.39, 0.29) is 5.91 Å². The van der Waals surface area contributed by atoms with Gasteiger partial charge in [0.05, 0.1) is 12.8 Å². The zero-order chi connectivity index (χ0) is 14.9. The number of amides is 1. The lowest BCUT2D eigenvalue weighted by Crippen LogP contribution is -2.45. The van der Waals surface area contributed by atoms with Gasteiger partial charge in [-0.2, -0.15) is 4.31 Å². The molecule has 112 valence electrons. The highest BCUT2D eigenvalue weighted by atomic mass is 32.2. The summed E-state index contributed by atoms with van der Waals surface area (Å²) in [5.41, 5.74) is 1.17. The molecular weight excluding hydrogens is 296 g/mol. The molecule has 1 fully saturated rings. The van der Waals surface area contributed by atoms with Crippen LogP contribution in [0.2, 0.25) is 0 Å².